The van der Waals surface area contributed by atoms with E-state index >= 15 is 0 Å². The summed E-state index contributed by atoms with van der Waals surface area (Å²) in [4.78, 5) is 0. The highest BCUT2D eigenvalue weighted by atomic mass is 19.2. The molecule has 0 atom stereocenters. The third-order valence-corrected chi connectivity index (χ3v) is 2.03. The van der Waals surface area contributed by atoms with Gasteiger partial charge in [0, 0.05) is 0 Å². The van der Waals surface area contributed by atoms with E-state index in [1.54, 1.807) is 6.07 Å². The molecule has 0 amide bonds. The van der Waals surface area contributed by atoms with E-state index in [0.29, 0.717) is 0 Å². The van der Waals surface area contributed by atoms with Crippen molar-refractivity contribution in [3.05, 3.63) is 47.5 Å². The predicted molar refractivity (Wildman–Crippen MR) is 48.6 cm³/mol. The largest absolute Gasteiger partial charge is 0.204 e. The topological polar surface area (TPSA) is 0 Å². The second-order valence-corrected chi connectivity index (χ2v) is 3.12. The maximum absolute atomic E-state index is 12.8. The van der Waals surface area contributed by atoms with Gasteiger partial charge in [0.1, 0.15) is 0 Å². The summed E-state index contributed by atoms with van der Waals surface area (Å²) < 4.78 is 25.6. The molecule has 0 aliphatic heterocycles. The van der Waals surface area contributed by atoms with Gasteiger partial charge in [-0.3, -0.25) is 0 Å². The van der Waals surface area contributed by atoms with Crippen LogP contribution in [-0.4, -0.2) is 0 Å². The molecule has 66 valence electrons. The van der Waals surface area contributed by atoms with E-state index in [9.17, 15) is 8.78 Å². The van der Waals surface area contributed by atoms with Crippen LogP contribution in [0, 0.1) is 18.6 Å². The molecule has 0 nitrogen and oxygen atoms in total. The van der Waals surface area contributed by atoms with Crippen molar-refractivity contribution in [2.75, 3.05) is 0 Å². The highest BCUT2D eigenvalue weighted by molar-refractivity contribution is 5.83. The van der Waals surface area contributed by atoms with Gasteiger partial charge in [-0.25, -0.2) is 8.78 Å². The molecule has 0 aliphatic rings. The standard InChI is InChI=1S/C11H8F2/c1-7-2-3-8-5-10(12)11(13)6-9(8)4-7/h2-6H,1H3. The van der Waals surface area contributed by atoms with Crippen LogP contribution in [0.1, 0.15) is 5.56 Å². The molecule has 13 heavy (non-hydrogen) atoms. The van der Waals surface area contributed by atoms with Gasteiger partial charge in [0.05, 0.1) is 0 Å². The van der Waals surface area contributed by atoms with E-state index in [0.717, 1.165) is 16.3 Å². The first-order chi connectivity index (χ1) is 6.16. The first-order valence-corrected chi connectivity index (χ1v) is 4.02. The molecule has 0 N–H and O–H groups in total. The zero-order valence-electron chi connectivity index (χ0n) is 7.14. The zero-order chi connectivity index (χ0) is 9.42. The van der Waals surface area contributed by atoms with Crippen LogP contribution in [-0.2, 0) is 0 Å². The van der Waals surface area contributed by atoms with Gasteiger partial charge in [-0.15, -0.1) is 0 Å². The van der Waals surface area contributed by atoms with Gasteiger partial charge in [-0.05, 0) is 29.8 Å². The maximum Gasteiger partial charge on any atom is 0.159 e. The number of rotatable bonds is 0. The van der Waals surface area contributed by atoms with Gasteiger partial charge in [-0.1, -0.05) is 23.8 Å². The van der Waals surface area contributed by atoms with Gasteiger partial charge in [-0.2, -0.15) is 0 Å². The molecule has 0 radical (unpaired) electrons. The van der Waals surface area contributed by atoms with Gasteiger partial charge in [0.15, 0.2) is 11.6 Å². The number of fused-ring (bicyclic) bond motifs is 1. The number of hydrogen-bond donors (Lipinski definition) is 0. The normalized spacial score (nSPS) is 10.7. The number of benzene rings is 2. The fourth-order valence-electron chi connectivity index (χ4n) is 1.36. The second kappa shape index (κ2) is 2.80. The van der Waals surface area contributed by atoms with Gasteiger partial charge in [0.25, 0.3) is 0 Å². The Kier molecular flexibility index (Phi) is 1.76. The van der Waals surface area contributed by atoms with Crippen LogP contribution < -0.4 is 0 Å². The fraction of sp³-hybridized carbons (Fsp3) is 0.0909. The minimum atomic E-state index is -0.795. The number of halogens is 2. The van der Waals surface area contributed by atoms with Gasteiger partial charge in [0.2, 0.25) is 0 Å². The average Bonchev–Trinajstić information content (AvgIpc) is 2.08. The lowest BCUT2D eigenvalue weighted by atomic mass is 10.1. The molecule has 2 heteroatoms. The fourth-order valence-corrected chi connectivity index (χ4v) is 1.36. The molecule has 2 rings (SSSR count). The summed E-state index contributed by atoms with van der Waals surface area (Å²) in [6.45, 7) is 1.92. The summed E-state index contributed by atoms with van der Waals surface area (Å²) in [5.74, 6) is -1.59. The number of hydrogen-bond acceptors (Lipinski definition) is 0. The molecule has 0 spiro atoms. The molecule has 0 fully saturated rings. The van der Waals surface area contributed by atoms with Crippen LogP contribution in [0.2, 0.25) is 0 Å². The lowest BCUT2D eigenvalue weighted by molar-refractivity contribution is 0.511. The van der Waals surface area contributed by atoms with Crippen LogP contribution in [0.25, 0.3) is 10.8 Å². The van der Waals surface area contributed by atoms with Crippen molar-refractivity contribution >= 4 is 10.8 Å². The van der Waals surface area contributed by atoms with Crippen molar-refractivity contribution in [1.82, 2.24) is 0 Å². The molecule has 0 aromatic heterocycles. The Bertz CT molecular complexity index is 461. The monoisotopic (exact) mass is 178 g/mol. The average molecular weight is 178 g/mol. The first-order valence-electron chi connectivity index (χ1n) is 4.02. The molecule has 0 unspecified atom stereocenters. The minimum absolute atomic E-state index is 0.726. The molecule has 0 heterocycles. The van der Waals surface area contributed by atoms with Gasteiger partial charge >= 0.3 is 0 Å². The molecule has 2 aromatic carbocycles. The van der Waals surface area contributed by atoms with E-state index in [1.165, 1.54) is 12.1 Å². The summed E-state index contributed by atoms with van der Waals surface area (Å²) in [6, 6.07) is 7.92. The van der Waals surface area contributed by atoms with Crippen LogP contribution in [0.4, 0.5) is 8.78 Å². The first kappa shape index (κ1) is 8.17. The van der Waals surface area contributed by atoms with Crippen molar-refractivity contribution in [1.29, 1.82) is 0 Å². The van der Waals surface area contributed by atoms with E-state index in [2.05, 4.69) is 0 Å². The Morgan fingerprint density at radius 1 is 0.846 bits per heavy atom. The van der Waals surface area contributed by atoms with E-state index < -0.39 is 11.6 Å². The van der Waals surface area contributed by atoms with Crippen molar-refractivity contribution in [2.24, 2.45) is 0 Å². The van der Waals surface area contributed by atoms with Crippen LogP contribution in [0.15, 0.2) is 30.3 Å². The van der Waals surface area contributed by atoms with E-state index in [-0.39, 0.29) is 0 Å². The Morgan fingerprint density at radius 2 is 1.46 bits per heavy atom. The molecule has 0 bridgehead atoms. The summed E-state index contributed by atoms with van der Waals surface area (Å²) >= 11 is 0. The molecule has 0 aliphatic carbocycles. The summed E-state index contributed by atoms with van der Waals surface area (Å²) in [5, 5.41) is 1.46. The van der Waals surface area contributed by atoms with Crippen LogP contribution >= 0.6 is 0 Å². The van der Waals surface area contributed by atoms with E-state index in [4.69, 9.17) is 0 Å². The Morgan fingerprint density at radius 3 is 2.15 bits per heavy atom. The predicted octanol–water partition coefficient (Wildman–Crippen LogP) is 3.43. The van der Waals surface area contributed by atoms with Crippen molar-refractivity contribution in [3.8, 4) is 0 Å². The molecule has 0 saturated heterocycles. The maximum atomic E-state index is 12.8. The minimum Gasteiger partial charge on any atom is -0.204 e. The Labute approximate surface area is 74.8 Å². The molecular formula is C11H8F2. The lowest BCUT2D eigenvalue weighted by Gasteiger charge is -2.00. The SMILES string of the molecule is Cc1ccc2cc(F)c(F)cc2c1. The summed E-state index contributed by atoms with van der Waals surface area (Å²) in [5.41, 5.74) is 1.04. The lowest BCUT2D eigenvalue weighted by Crippen LogP contribution is -1.84. The smallest absolute Gasteiger partial charge is 0.159 e. The van der Waals surface area contributed by atoms with Gasteiger partial charge < -0.3 is 0 Å². The quantitative estimate of drug-likeness (QED) is 0.579. The number of aryl methyl sites for hydroxylation is 1. The molecule has 2 aromatic rings. The zero-order valence-corrected chi connectivity index (χ0v) is 7.14. The molecular weight excluding hydrogens is 170 g/mol. The van der Waals surface area contributed by atoms with Crippen LogP contribution in [0.3, 0.4) is 0 Å². The van der Waals surface area contributed by atoms with E-state index in [1.807, 2.05) is 19.1 Å². The Hall–Kier alpha value is -1.44. The second-order valence-electron chi connectivity index (χ2n) is 3.12. The third kappa shape index (κ3) is 1.39. The van der Waals surface area contributed by atoms with Crippen molar-refractivity contribution in [3.63, 3.8) is 0 Å². The highest BCUT2D eigenvalue weighted by Crippen LogP contribution is 2.19. The third-order valence-electron chi connectivity index (χ3n) is 2.03. The van der Waals surface area contributed by atoms with Crippen LogP contribution in [0.5, 0.6) is 0 Å². The van der Waals surface area contributed by atoms with Crippen molar-refractivity contribution < 1.29 is 8.78 Å². The Balaban J connectivity index is 2.81. The molecule has 0 saturated carbocycles. The summed E-state index contributed by atoms with van der Waals surface area (Å²) in [7, 11) is 0. The van der Waals surface area contributed by atoms with Crippen molar-refractivity contribution in [2.45, 2.75) is 6.92 Å². The highest BCUT2D eigenvalue weighted by Gasteiger charge is 2.02. The summed E-state index contributed by atoms with van der Waals surface area (Å²) in [6.07, 6.45) is 0.